The first-order chi connectivity index (χ1) is 7.38. The van der Waals surface area contributed by atoms with Crippen molar-refractivity contribution in [1.82, 2.24) is 0 Å². The van der Waals surface area contributed by atoms with Gasteiger partial charge in [-0.25, -0.2) is 0 Å². The minimum Gasteiger partial charge on any atom is -0.481 e. The molecule has 0 aromatic carbocycles. The number of hydrogen-bond acceptors (Lipinski definition) is 3. The first kappa shape index (κ1) is 15.4. The van der Waals surface area contributed by atoms with Crippen LogP contribution in [-0.2, 0) is 9.53 Å². The second-order valence-corrected chi connectivity index (χ2v) is 4.53. The highest BCUT2D eigenvalue weighted by molar-refractivity contribution is 5.74. The van der Waals surface area contributed by atoms with E-state index in [0.29, 0.717) is 12.8 Å². The molecule has 0 rings (SSSR count). The summed E-state index contributed by atoms with van der Waals surface area (Å²) in [4.78, 5) is 11.2. The van der Waals surface area contributed by atoms with Gasteiger partial charge in [-0.15, -0.1) is 0 Å². The van der Waals surface area contributed by atoms with Gasteiger partial charge in [-0.2, -0.15) is 0 Å². The summed E-state index contributed by atoms with van der Waals surface area (Å²) in [5.74, 6) is -0.832. The summed E-state index contributed by atoms with van der Waals surface area (Å²) < 4.78 is 5.28. The maximum absolute atomic E-state index is 11.2. The van der Waals surface area contributed by atoms with Crippen LogP contribution >= 0.6 is 0 Å². The molecule has 0 saturated carbocycles. The molecule has 4 nitrogen and oxygen atoms in total. The molecule has 96 valence electrons. The number of ether oxygens (including phenoxy) is 1. The van der Waals surface area contributed by atoms with Crippen LogP contribution in [0.2, 0.25) is 0 Å². The normalized spacial score (nSPS) is 14.1. The van der Waals surface area contributed by atoms with Crippen molar-refractivity contribution >= 4 is 5.97 Å². The maximum Gasteiger partial charge on any atom is 0.309 e. The Morgan fingerprint density at radius 1 is 1.31 bits per heavy atom. The van der Waals surface area contributed by atoms with Gasteiger partial charge in [-0.1, -0.05) is 13.8 Å². The van der Waals surface area contributed by atoms with Crippen molar-refractivity contribution in [2.45, 2.75) is 59.2 Å². The molecule has 1 unspecified atom stereocenters. The van der Waals surface area contributed by atoms with Gasteiger partial charge in [0.2, 0.25) is 0 Å². The lowest BCUT2D eigenvalue weighted by molar-refractivity contribution is -0.152. The molecule has 0 aliphatic rings. The molecule has 0 aromatic heterocycles. The van der Waals surface area contributed by atoms with Gasteiger partial charge < -0.3 is 14.9 Å². The number of hydrogen-bond donors (Lipinski definition) is 2. The van der Waals surface area contributed by atoms with Gasteiger partial charge in [0.15, 0.2) is 0 Å². The van der Waals surface area contributed by atoms with Gasteiger partial charge in [0, 0.05) is 0 Å². The van der Waals surface area contributed by atoms with Crippen LogP contribution in [-0.4, -0.2) is 35.0 Å². The molecule has 0 aliphatic carbocycles. The Balaban J connectivity index is 4.34. The predicted octanol–water partition coefficient (Wildman–Crippen LogP) is 2.05. The number of carbonyl (C=O) groups is 1. The molecule has 2 N–H and O–H groups in total. The monoisotopic (exact) mass is 232 g/mol. The summed E-state index contributed by atoms with van der Waals surface area (Å²) in [7, 11) is 0. The zero-order valence-corrected chi connectivity index (χ0v) is 10.7. The fraction of sp³-hybridized carbons (Fsp3) is 0.917. The molecule has 16 heavy (non-hydrogen) atoms. The predicted molar refractivity (Wildman–Crippen MR) is 62.4 cm³/mol. The lowest BCUT2D eigenvalue weighted by Gasteiger charge is -2.29. The van der Waals surface area contributed by atoms with Crippen molar-refractivity contribution in [1.29, 1.82) is 0 Å². The van der Waals surface area contributed by atoms with Gasteiger partial charge in [0.25, 0.3) is 0 Å². The molecule has 1 atom stereocenters. The van der Waals surface area contributed by atoms with Crippen molar-refractivity contribution in [3.8, 4) is 0 Å². The third-order valence-corrected chi connectivity index (χ3v) is 3.06. The quantitative estimate of drug-likeness (QED) is 0.672. The van der Waals surface area contributed by atoms with Gasteiger partial charge in [-0.05, 0) is 33.1 Å². The van der Waals surface area contributed by atoms with Crippen LogP contribution < -0.4 is 0 Å². The van der Waals surface area contributed by atoms with E-state index in [-0.39, 0.29) is 19.1 Å². The number of carboxylic acids is 1. The molecule has 0 aliphatic heterocycles. The number of aliphatic carboxylic acids is 1. The Morgan fingerprint density at radius 2 is 1.81 bits per heavy atom. The Kier molecular flexibility index (Phi) is 6.60. The molecule has 4 heteroatoms. The van der Waals surface area contributed by atoms with E-state index in [2.05, 4.69) is 0 Å². The summed E-state index contributed by atoms with van der Waals surface area (Å²) >= 11 is 0. The van der Waals surface area contributed by atoms with Crippen LogP contribution in [0.5, 0.6) is 0 Å². The van der Waals surface area contributed by atoms with E-state index in [9.17, 15) is 15.0 Å². The molecule has 0 saturated heterocycles. The zero-order chi connectivity index (χ0) is 12.8. The number of rotatable bonds is 8. The first-order valence-electron chi connectivity index (χ1n) is 5.91. The van der Waals surface area contributed by atoms with E-state index < -0.39 is 17.5 Å². The van der Waals surface area contributed by atoms with Gasteiger partial charge in [0.05, 0.1) is 24.2 Å². The summed E-state index contributed by atoms with van der Waals surface area (Å²) in [5.41, 5.74) is -0.820. The second kappa shape index (κ2) is 6.86. The van der Waals surface area contributed by atoms with Crippen LogP contribution in [0.1, 0.15) is 47.0 Å². The van der Waals surface area contributed by atoms with Crippen molar-refractivity contribution in [3.63, 3.8) is 0 Å². The topological polar surface area (TPSA) is 66.8 Å². The first-order valence-corrected chi connectivity index (χ1v) is 5.91. The third kappa shape index (κ3) is 4.49. The van der Waals surface area contributed by atoms with Gasteiger partial charge in [-0.3, -0.25) is 4.79 Å². The van der Waals surface area contributed by atoms with Crippen molar-refractivity contribution in [3.05, 3.63) is 0 Å². The fourth-order valence-electron chi connectivity index (χ4n) is 1.74. The summed E-state index contributed by atoms with van der Waals surface area (Å²) in [5, 5.41) is 19.0. The van der Waals surface area contributed by atoms with Crippen LogP contribution in [0.15, 0.2) is 0 Å². The average Bonchev–Trinajstić information content (AvgIpc) is 2.22. The fourth-order valence-corrected chi connectivity index (χ4v) is 1.74. The molecule has 0 bridgehead atoms. The van der Waals surface area contributed by atoms with E-state index in [1.54, 1.807) is 0 Å². The summed E-state index contributed by atoms with van der Waals surface area (Å²) in [6.07, 6.45) is 0.646. The van der Waals surface area contributed by atoms with Crippen LogP contribution in [0, 0.1) is 5.41 Å². The number of aliphatic hydroxyl groups is 1. The average molecular weight is 232 g/mol. The zero-order valence-electron chi connectivity index (χ0n) is 10.7. The molecular weight excluding hydrogens is 208 g/mol. The Hall–Kier alpha value is -0.610. The van der Waals surface area contributed by atoms with Gasteiger partial charge in [0.1, 0.15) is 0 Å². The Morgan fingerprint density at radius 3 is 2.12 bits per heavy atom. The van der Waals surface area contributed by atoms with E-state index >= 15 is 0 Å². The molecule has 0 fully saturated rings. The largest absolute Gasteiger partial charge is 0.481 e. The third-order valence-electron chi connectivity index (χ3n) is 3.06. The minimum atomic E-state index is -0.832. The molecule has 0 heterocycles. The Bertz CT molecular complexity index is 209. The lowest BCUT2D eigenvalue weighted by Crippen LogP contribution is -2.35. The second-order valence-electron chi connectivity index (χ2n) is 4.53. The number of carboxylic acid groups (broad SMARTS) is 1. The summed E-state index contributed by atoms with van der Waals surface area (Å²) in [6.45, 7) is 7.65. The highest BCUT2D eigenvalue weighted by Gasteiger charge is 2.36. The van der Waals surface area contributed by atoms with Crippen LogP contribution in [0.3, 0.4) is 0 Å². The molecule has 0 aromatic rings. The van der Waals surface area contributed by atoms with E-state index in [1.165, 1.54) is 0 Å². The minimum absolute atomic E-state index is 0.0529. The van der Waals surface area contributed by atoms with Crippen LogP contribution in [0.4, 0.5) is 0 Å². The SMILES string of the molecule is CCC(CC)(CC(O)COC(C)C)C(=O)O. The summed E-state index contributed by atoms with van der Waals surface area (Å²) in [6, 6.07) is 0. The van der Waals surface area contributed by atoms with Crippen molar-refractivity contribution < 1.29 is 19.7 Å². The smallest absolute Gasteiger partial charge is 0.309 e. The molecular formula is C12H24O4. The Labute approximate surface area is 97.6 Å². The molecule has 0 spiro atoms. The van der Waals surface area contributed by atoms with Crippen molar-refractivity contribution in [2.75, 3.05) is 6.61 Å². The molecule has 0 amide bonds. The standard InChI is InChI=1S/C12H24O4/c1-5-12(6-2,11(14)15)7-10(13)8-16-9(3)4/h9-10,13H,5-8H2,1-4H3,(H,14,15). The lowest BCUT2D eigenvalue weighted by atomic mass is 9.77. The van der Waals surface area contributed by atoms with E-state index in [0.717, 1.165) is 0 Å². The van der Waals surface area contributed by atoms with E-state index in [4.69, 9.17) is 4.74 Å². The highest BCUT2D eigenvalue weighted by Crippen LogP contribution is 2.32. The van der Waals surface area contributed by atoms with Crippen LogP contribution in [0.25, 0.3) is 0 Å². The molecule has 0 radical (unpaired) electrons. The van der Waals surface area contributed by atoms with E-state index in [1.807, 2.05) is 27.7 Å². The maximum atomic E-state index is 11.2. The highest BCUT2D eigenvalue weighted by atomic mass is 16.5. The van der Waals surface area contributed by atoms with Crippen molar-refractivity contribution in [2.24, 2.45) is 5.41 Å². The van der Waals surface area contributed by atoms with Gasteiger partial charge >= 0.3 is 5.97 Å². The number of aliphatic hydroxyl groups excluding tert-OH is 1.